The van der Waals surface area contributed by atoms with Crippen molar-refractivity contribution in [2.75, 3.05) is 18.9 Å². The Morgan fingerprint density at radius 2 is 1.48 bits per heavy atom. The summed E-state index contributed by atoms with van der Waals surface area (Å²) in [6, 6.07) is -0.887. The molecule has 0 aliphatic rings. The summed E-state index contributed by atoms with van der Waals surface area (Å²) in [5.41, 5.74) is 5.08. The van der Waals surface area contributed by atoms with Gasteiger partial charge in [-0.15, -0.1) is 0 Å². The zero-order valence-electron chi connectivity index (χ0n) is 32.9. The van der Waals surface area contributed by atoms with E-state index in [9.17, 15) is 19.2 Å². The lowest BCUT2D eigenvalue weighted by Crippen LogP contribution is -2.47. The summed E-state index contributed by atoms with van der Waals surface area (Å²) in [5.74, 6) is -1.36. The third-order valence-corrected chi connectivity index (χ3v) is 9.32. The molecule has 0 saturated carbocycles. The topological polar surface area (TPSA) is 181 Å². The summed E-state index contributed by atoms with van der Waals surface area (Å²) >= 11 is 0. The lowest BCUT2D eigenvalue weighted by Gasteiger charge is -2.26. The number of H-pyrrole nitrogens is 1. The zero-order chi connectivity index (χ0) is 38.4. The van der Waals surface area contributed by atoms with Gasteiger partial charge in [-0.05, 0) is 39.5 Å². The number of anilines is 1. The molecule has 0 spiro atoms. The fourth-order valence-corrected chi connectivity index (χ4v) is 6.05. The largest absolute Gasteiger partial charge is 0.465 e. The normalized spacial score (nSPS) is 13.4. The molecule has 0 bridgehead atoms. The van der Waals surface area contributed by atoms with Crippen LogP contribution < -0.4 is 16.6 Å². The van der Waals surface area contributed by atoms with E-state index in [-0.39, 0.29) is 42.5 Å². The average Bonchev–Trinajstić information content (AvgIpc) is 3.48. The molecule has 2 aromatic rings. The molecule has 2 aromatic heterocycles. The molecule has 52 heavy (non-hydrogen) atoms. The van der Waals surface area contributed by atoms with Crippen molar-refractivity contribution in [3.63, 3.8) is 0 Å². The number of fused-ring (bicyclic) bond motifs is 1. The predicted molar refractivity (Wildman–Crippen MR) is 205 cm³/mol. The molecule has 4 N–H and O–H groups in total. The van der Waals surface area contributed by atoms with Crippen molar-refractivity contribution >= 4 is 35.1 Å². The summed E-state index contributed by atoms with van der Waals surface area (Å²) in [4.78, 5) is 61.5. The summed E-state index contributed by atoms with van der Waals surface area (Å²) in [6.45, 7) is 11.7. The molecule has 2 heterocycles. The second-order valence-electron chi connectivity index (χ2n) is 15.2. The van der Waals surface area contributed by atoms with Crippen molar-refractivity contribution in [1.82, 2.24) is 24.8 Å². The summed E-state index contributed by atoms with van der Waals surface area (Å²) < 4.78 is 18.4. The number of nitrogens with one attached hydrogen (secondary N) is 2. The Bertz CT molecular complexity index is 1390. The van der Waals surface area contributed by atoms with Crippen molar-refractivity contribution in [3.8, 4) is 0 Å². The van der Waals surface area contributed by atoms with Crippen LogP contribution >= 0.6 is 0 Å². The molecule has 3 atom stereocenters. The lowest BCUT2D eigenvalue weighted by molar-refractivity contribution is -0.150. The van der Waals surface area contributed by atoms with E-state index in [1.165, 1.54) is 83.4 Å². The van der Waals surface area contributed by atoms with Crippen molar-refractivity contribution < 1.29 is 28.6 Å². The van der Waals surface area contributed by atoms with Crippen LogP contribution in [-0.4, -0.2) is 62.4 Å². The van der Waals surface area contributed by atoms with Crippen molar-refractivity contribution in [3.05, 3.63) is 16.7 Å². The molecule has 0 saturated heterocycles. The van der Waals surface area contributed by atoms with Crippen LogP contribution in [0.2, 0.25) is 0 Å². The third-order valence-electron chi connectivity index (χ3n) is 9.32. The number of esters is 2. The van der Waals surface area contributed by atoms with Crippen molar-refractivity contribution in [2.24, 2.45) is 11.8 Å². The van der Waals surface area contributed by atoms with Crippen LogP contribution in [-0.2, 0) is 30.3 Å². The van der Waals surface area contributed by atoms with Crippen LogP contribution in [0.1, 0.15) is 157 Å². The summed E-state index contributed by atoms with van der Waals surface area (Å²) in [5, 5.41) is 2.65. The van der Waals surface area contributed by atoms with Crippen LogP contribution in [0.25, 0.3) is 11.2 Å². The fraction of sp³-hybridized carbons (Fsp3) is 0.795. The molecule has 13 heteroatoms. The van der Waals surface area contributed by atoms with Gasteiger partial charge in [0.25, 0.3) is 5.56 Å². The van der Waals surface area contributed by atoms with Gasteiger partial charge in [0.05, 0.1) is 19.5 Å². The molecule has 0 aliphatic heterocycles. The number of nitrogens with two attached hydrogens (primary N) is 1. The highest BCUT2D eigenvalue weighted by molar-refractivity contribution is 5.81. The molecule has 13 nitrogen and oxygen atoms in total. The molecule has 296 valence electrons. The number of carbonyl (C=O) groups is 3. The summed E-state index contributed by atoms with van der Waals surface area (Å²) in [6.07, 6.45) is 20.9. The standard InChI is InChI=1S/C39H68N6O7/c1-7-9-10-11-12-13-14-15-16-17-18-19-20-21-22-23-31(46)51-27-30(26-45-28-41-33-34(45)43-37(40)44-35(33)47)24-25-50-36(48)32(29(3)8-2)42-38(49)52-39(4,5)6/h28-30,32H,7-27H2,1-6H3,(H,42,49)(H3,40,43,44,47)/t29-,30?,32-/m0/s1. The number of nitrogen functional groups attached to an aromatic ring is 1. The predicted octanol–water partition coefficient (Wildman–Crippen LogP) is 8.00. The maximum Gasteiger partial charge on any atom is 0.408 e. The van der Waals surface area contributed by atoms with Crippen molar-refractivity contribution in [2.45, 2.75) is 175 Å². The highest BCUT2D eigenvalue weighted by Gasteiger charge is 2.30. The maximum absolute atomic E-state index is 13.1. The second kappa shape index (κ2) is 24.6. The van der Waals surface area contributed by atoms with Crippen LogP contribution in [0.3, 0.4) is 0 Å². The van der Waals surface area contributed by atoms with Gasteiger partial charge in [0.15, 0.2) is 11.2 Å². The number of ether oxygens (including phenoxy) is 3. The minimum Gasteiger partial charge on any atom is -0.465 e. The number of unbranched alkanes of at least 4 members (excludes halogenated alkanes) is 14. The van der Waals surface area contributed by atoms with Crippen molar-refractivity contribution in [1.29, 1.82) is 0 Å². The van der Waals surface area contributed by atoms with Gasteiger partial charge in [-0.3, -0.25) is 14.6 Å². The summed E-state index contributed by atoms with van der Waals surface area (Å²) in [7, 11) is 0. The molecule has 0 fully saturated rings. The first-order valence-corrected chi connectivity index (χ1v) is 19.9. The van der Waals surface area contributed by atoms with Crippen LogP contribution in [0.15, 0.2) is 11.1 Å². The Hall–Kier alpha value is -3.64. The second-order valence-corrected chi connectivity index (χ2v) is 15.2. The highest BCUT2D eigenvalue weighted by atomic mass is 16.6. The highest BCUT2D eigenvalue weighted by Crippen LogP contribution is 2.18. The number of amides is 1. The van der Waals surface area contributed by atoms with Gasteiger partial charge in [0.2, 0.25) is 5.95 Å². The molecule has 0 radical (unpaired) electrons. The Kier molecular flexibility index (Phi) is 21.0. The van der Waals surface area contributed by atoms with Gasteiger partial charge in [-0.25, -0.2) is 14.6 Å². The minimum absolute atomic E-state index is 0.0197. The van der Waals surface area contributed by atoms with E-state index >= 15 is 0 Å². The van der Waals surface area contributed by atoms with E-state index in [0.717, 1.165) is 19.3 Å². The number of imidazole rings is 1. The Balaban J connectivity index is 1.83. The number of aromatic amines is 1. The van der Waals surface area contributed by atoms with Gasteiger partial charge in [-0.1, -0.05) is 117 Å². The number of hydrogen-bond donors (Lipinski definition) is 3. The van der Waals surface area contributed by atoms with E-state index in [1.807, 2.05) is 13.8 Å². The quantitative estimate of drug-likeness (QED) is 0.0463. The SMILES string of the molecule is CCCCCCCCCCCCCCCCCC(=O)OCC(CCOC(=O)[C@@H](NC(=O)OC(C)(C)C)[C@@H](C)CC)Cn1cnc2c(=O)[nH]c(N)nc21. The first-order chi connectivity index (χ1) is 24.8. The smallest absolute Gasteiger partial charge is 0.408 e. The van der Waals surface area contributed by atoms with Crippen LogP contribution in [0, 0.1) is 11.8 Å². The number of alkyl carbamates (subject to hydrolysis) is 1. The van der Waals surface area contributed by atoms with Gasteiger partial charge >= 0.3 is 18.0 Å². The monoisotopic (exact) mass is 733 g/mol. The van der Waals surface area contributed by atoms with Gasteiger partial charge < -0.3 is 29.8 Å². The molecular weight excluding hydrogens is 664 g/mol. The fourth-order valence-electron chi connectivity index (χ4n) is 6.05. The molecule has 1 unspecified atom stereocenters. The number of aromatic nitrogens is 4. The first-order valence-electron chi connectivity index (χ1n) is 19.9. The number of carbonyl (C=O) groups excluding carboxylic acids is 3. The van der Waals surface area contributed by atoms with E-state index < -0.39 is 29.3 Å². The van der Waals surface area contributed by atoms with E-state index in [4.69, 9.17) is 19.9 Å². The Morgan fingerprint density at radius 1 is 0.904 bits per heavy atom. The molecule has 2 rings (SSSR count). The molecular formula is C39H68N6O7. The van der Waals surface area contributed by atoms with E-state index in [2.05, 4.69) is 27.2 Å². The van der Waals surface area contributed by atoms with Crippen LogP contribution in [0.4, 0.5) is 10.7 Å². The Labute approximate surface area is 310 Å². The minimum atomic E-state index is -0.887. The van der Waals surface area contributed by atoms with E-state index in [0.29, 0.717) is 31.5 Å². The maximum atomic E-state index is 13.1. The zero-order valence-corrected chi connectivity index (χ0v) is 32.9. The number of rotatable bonds is 27. The molecule has 0 aromatic carbocycles. The number of nitrogens with zero attached hydrogens (tertiary/aromatic N) is 3. The van der Waals surface area contributed by atoms with E-state index in [1.54, 1.807) is 25.3 Å². The molecule has 0 aliphatic carbocycles. The third kappa shape index (κ3) is 18.2. The van der Waals surface area contributed by atoms with Crippen LogP contribution in [0.5, 0.6) is 0 Å². The van der Waals surface area contributed by atoms with Gasteiger partial charge in [0, 0.05) is 18.9 Å². The first kappa shape index (κ1) is 44.5. The molecule has 1 amide bonds. The lowest BCUT2D eigenvalue weighted by atomic mass is 9.99. The Morgan fingerprint density at radius 3 is 2.04 bits per heavy atom. The van der Waals surface area contributed by atoms with Gasteiger partial charge in [-0.2, -0.15) is 4.98 Å². The van der Waals surface area contributed by atoms with Gasteiger partial charge in [0.1, 0.15) is 11.6 Å². The number of hydrogen-bond acceptors (Lipinski definition) is 10. The average molecular weight is 733 g/mol.